The normalized spacial score (nSPS) is 19.3. The number of fused-ring (bicyclic) bond motifs is 1. The standard InChI is InChI=1S/C12H13FN2O3/c1-5-7-2-6(4-9(14)12(17)18)3-8(13)10(7)15-11(5)16/h2-3,5,9H,4,14H2,1H3,(H,15,16)(H,17,18). The van der Waals surface area contributed by atoms with Crippen LogP contribution in [0.1, 0.15) is 24.0 Å². The molecule has 2 unspecified atom stereocenters. The van der Waals surface area contributed by atoms with E-state index in [2.05, 4.69) is 5.32 Å². The Morgan fingerprint density at radius 1 is 1.61 bits per heavy atom. The number of benzene rings is 1. The highest BCUT2D eigenvalue weighted by Gasteiger charge is 2.29. The predicted molar refractivity (Wildman–Crippen MR) is 62.8 cm³/mol. The number of carbonyl (C=O) groups excluding carboxylic acids is 1. The van der Waals surface area contributed by atoms with Crippen molar-refractivity contribution in [2.75, 3.05) is 5.32 Å². The molecule has 1 aromatic rings. The van der Waals surface area contributed by atoms with Gasteiger partial charge in [0.05, 0.1) is 11.6 Å². The molecule has 6 heteroatoms. The van der Waals surface area contributed by atoms with E-state index in [9.17, 15) is 14.0 Å². The van der Waals surface area contributed by atoms with Crippen molar-refractivity contribution in [3.63, 3.8) is 0 Å². The van der Waals surface area contributed by atoms with Crippen LogP contribution < -0.4 is 11.1 Å². The van der Waals surface area contributed by atoms with Crippen molar-refractivity contribution in [3.8, 4) is 0 Å². The van der Waals surface area contributed by atoms with Gasteiger partial charge in [-0.05, 0) is 30.5 Å². The van der Waals surface area contributed by atoms with Crippen LogP contribution in [0.15, 0.2) is 12.1 Å². The molecule has 1 aliphatic rings. The first-order valence-corrected chi connectivity index (χ1v) is 5.51. The summed E-state index contributed by atoms with van der Waals surface area (Å²) in [5.74, 6) is -2.39. The van der Waals surface area contributed by atoms with E-state index in [-0.39, 0.29) is 18.0 Å². The Labute approximate surface area is 103 Å². The van der Waals surface area contributed by atoms with Gasteiger partial charge in [-0.1, -0.05) is 6.07 Å². The number of anilines is 1. The van der Waals surface area contributed by atoms with Crippen molar-refractivity contribution >= 4 is 17.6 Å². The highest BCUT2D eigenvalue weighted by Crippen LogP contribution is 2.35. The number of nitrogens with two attached hydrogens (primary N) is 1. The van der Waals surface area contributed by atoms with Gasteiger partial charge in [0, 0.05) is 0 Å². The topological polar surface area (TPSA) is 92.4 Å². The van der Waals surface area contributed by atoms with E-state index < -0.39 is 23.7 Å². The summed E-state index contributed by atoms with van der Waals surface area (Å²) in [7, 11) is 0. The summed E-state index contributed by atoms with van der Waals surface area (Å²) in [6, 6.07) is 1.76. The lowest BCUT2D eigenvalue weighted by Crippen LogP contribution is -2.32. The minimum atomic E-state index is -1.14. The van der Waals surface area contributed by atoms with E-state index in [4.69, 9.17) is 10.8 Å². The molecule has 0 radical (unpaired) electrons. The second-order valence-electron chi connectivity index (χ2n) is 4.40. The average Bonchev–Trinajstić information content (AvgIpc) is 2.57. The van der Waals surface area contributed by atoms with Gasteiger partial charge in [-0.2, -0.15) is 0 Å². The summed E-state index contributed by atoms with van der Waals surface area (Å²) in [4.78, 5) is 22.1. The van der Waals surface area contributed by atoms with Crippen molar-refractivity contribution in [1.82, 2.24) is 0 Å². The molecule has 1 amide bonds. The Morgan fingerprint density at radius 3 is 2.89 bits per heavy atom. The molecule has 1 aromatic carbocycles. The molecule has 2 rings (SSSR count). The number of aliphatic carboxylic acids is 1. The minimum absolute atomic E-state index is 0.0282. The third-order valence-corrected chi connectivity index (χ3v) is 3.06. The molecule has 18 heavy (non-hydrogen) atoms. The molecular weight excluding hydrogens is 239 g/mol. The number of hydrogen-bond donors (Lipinski definition) is 3. The zero-order chi connectivity index (χ0) is 13.4. The maximum atomic E-state index is 13.7. The summed E-state index contributed by atoms with van der Waals surface area (Å²) < 4.78 is 13.7. The molecule has 0 saturated carbocycles. The van der Waals surface area contributed by atoms with Gasteiger partial charge in [-0.25, -0.2) is 4.39 Å². The molecular formula is C12H13FN2O3. The first kappa shape index (κ1) is 12.5. The Kier molecular flexibility index (Phi) is 3.04. The van der Waals surface area contributed by atoms with Gasteiger partial charge in [0.15, 0.2) is 0 Å². The Balaban J connectivity index is 2.34. The van der Waals surface area contributed by atoms with E-state index in [0.717, 1.165) is 0 Å². The summed E-state index contributed by atoms with van der Waals surface area (Å²) in [6.45, 7) is 1.67. The maximum Gasteiger partial charge on any atom is 0.320 e. The lowest BCUT2D eigenvalue weighted by atomic mass is 9.97. The number of amides is 1. The molecule has 0 fully saturated rings. The maximum absolute atomic E-state index is 13.7. The lowest BCUT2D eigenvalue weighted by Gasteiger charge is -2.10. The van der Waals surface area contributed by atoms with Crippen LogP contribution in [0.4, 0.5) is 10.1 Å². The molecule has 1 heterocycles. The highest BCUT2D eigenvalue weighted by atomic mass is 19.1. The molecule has 0 bridgehead atoms. The number of nitrogens with one attached hydrogen (secondary N) is 1. The quantitative estimate of drug-likeness (QED) is 0.743. The third-order valence-electron chi connectivity index (χ3n) is 3.06. The molecule has 1 aliphatic heterocycles. The zero-order valence-corrected chi connectivity index (χ0v) is 9.74. The van der Waals surface area contributed by atoms with E-state index in [1.54, 1.807) is 13.0 Å². The van der Waals surface area contributed by atoms with Crippen LogP contribution in [0.3, 0.4) is 0 Å². The number of rotatable bonds is 3. The van der Waals surface area contributed by atoms with Crippen LogP contribution in [-0.2, 0) is 16.0 Å². The second-order valence-corrected chi connectivity index (χ2v) is 4.40. The van der Waals surface area contributed by atoms with Crippen molar-refractivity contribution in [2.24, 2.45) is 5.73 Å². The number of carboxylic acids is 1. The van der Waals surface area contributed by atoms with E-state index in [0.29, 0.717) is 11.1 Å². The fourth-order valence-corrected chi connectivity index (χ4v) is 1.99. The fourth-order valence-electron chi connectivity index (χ4n) is 1.99. The van der Waals surface area contributed by atoms with Crippen LogP contribution in [0, 0.1) is 5.82 Å². The monoisotopic (exact) mass is 252 g/mol. The van der Waals surface area contributed by atoms with Crippen molar-refractivity contribution in [2.45, 2.75) is 25.3 Å². The Morgan fingerprint density at radius 2 is 2.28 bits per heavy atom. The molecule has 4 N–H and O–H groups in total. The number of hydrogen-bond acceptors (Lipinski definition) is 3. The van der Waals surface area contributed by atoms with Crippen LogP contribution in [0.2, 0.25) is 0 Å². The Hall–Kier alpha value is -1.95. The van der Waals surface area contributed by atoms with Crippen molar-refractivity contribution < 1.29 is 19.1 Å². The average molecular weight is 252 g/mol. The minimum Gasteiger partial charge on any atom is -0.480 e. The van der Waals surface area contributed by atoms with Gasteiger partial charge in [-0.3, -0.25) is 9.59 Å². The zero-order valence-electron chi connectivity index (χ0n) is 9.74. The van der Waals surface area contributed by atoms with Gasteiger partial charge < -0.3 is 16.2 Å². The van der Waals surface area contributed by atoms with E-state index in [1.165, 1.54) is 6.07 Å². The molecule has 0 aliphatic carbocycles. The van der Waals surface area contributed by atoms with Crippen LogP contribution >= 0.6 is 0 Å². The fraction of sp³-hybridized carbons (Fsp3) is 0.333. The van der Waals surface area contributed by atoms with Crippen LogP contribution in [-0.4, -0.2) is 23.0 Å². The number of halogens is 1. The van der Waals surface area contributed by atoms with Crippen LogP contribution in [0.5, 0.6) is 0 Å². The number of carbonyl (C=O) groups is 2. The molecule has 5 nitrogen and oxygen atoms in total. The summed E-state index contributed by atoms with van der Waals surface area (Å²) in [5.41, 5.74) is 6.61. The first-order valence-electron chi connectivity index (χ1n) is 5.51. The summed E-state index contributed by atoms with van der Waals surface area (Å²) >= 11 is 0. The van der Waals surface area contributed by atoms with Gasteiger partial charge in [0.2, 0.25) is 5.91 Å². The number of carboxylic acid groups (broad SMARTS) is 1. The van der Waals surface area contributed by atoms with Gasteiger partial charge in [0.25, 0.3) is 0 Å². The van der Waals surface area contributed by atoms with Crippen molar-refractivity contribution in [1.29, 1.82) is 0 Å². The first-order chi connectivity index (χ1) is 8.40. The highest BCUT2D eigenvalue weighted by molar-refractivity contribution is 6.02. The van der Waals surface area contributed by atoms with Crippen molar-refractivity contribution in [3.05, 3.63) is 29.1 Å². The molecule has 2 atom stereocenters. The van der Waals surface area contributed by atoms with Gasteiger partial charge in [-0.15, -0.1) is 0 Å². The molecule has 96 valence electrons. The van der Waals surface area contributed by atoms with Gasteiger partial charge >= 0.3 is 5.97 Å². The predicted octanol–water partition coefficient (Wildman–Crippen LogP) is 0.836. The molecule has 0 saturated heterocycles. The summed E-state index contributed by atoms with van der Waals surface area (Å²) in [5, 5.41) is 11.2. The SMILES string of the molecule is CC1C(=O)Nc2c(F)cc(CC(N)C(=O)O)cc21. The largest absolute Gasteiger partial charge is 0.480 e. The summed E-state index contributed by atoms with van der Waals surface area (Å²) in [6.07, 6.45) is 0.0282. The smallest absolute Gasteiger partial charge is 0.320 e. The van der Waals surface area contributed by atoms with E-state index in [1.807, 2.05) is 0 Å². The lowest BCUT2D eigenvalue weighted by molar-refractivity contribution is -0.138. The van der Waals surface area contributed by atoms with Gasteiger partial charge in [0.1, 0.15) is 11.9 Å². The molecule has 0 aromatic heterocycles. The second kappa shape index (κ2) is 4.38. The third kappa shape index (κ3) is 2.06. The van der Waals surface area contributed by atoms with E-state index >= 15 is 0 Å². The Bertz CT molecular complexity index is 530. The molecule has 0 spiro atoms. The van der Waals surface area contributed by atoms with Crippen LogP contribution in [0.25, 0.3) is 0 Å².